The molecule has 2 rings (SSSR count). The second-order valence-electron chi connectivity index (χ2n) is 5.14. The molecule has 1 saturated heterocycles. The highest BCUT2D eigenvalue weighted by Crippen LogP contribution is 2.13. The minimum Gasteiger partial charge on any atom is -0.491 e. The molecule has 0 bridgehead atoms. The molecule has 18 heavy (non-hydrogen) atoms. The zero-order valence-electron chi connectivity index (χ0n) is 11.1. The highest BCUT2D eigenvalue weighted by Gasteiger charge is 2.14. The van der Waals surface area contributed by atoms with E-state index in [0.717, 1.165) is 25.4 Å². The van der Waals surface area contributed by atoms with E-state index in [1.54, 1.807) is 0 Å². The van der Waals surface area contributed by atoms with Gasteiger partial charge in [-0.1, -0.05) is 18.6 Å². The lowest BCUT2D eigenvalue weighted by molar-refractivity contribution is 0.0617. The van der Waals surface area contributed by atoms with E-state index in [0.29, 0.717) is 6.61 Å². The standard InChI is InChI=1S/C15H23NO2/c1-13-6-5-7-15(10-13)18-12-14(17)11-16-8-3-2-4-9-16/h5-7,10,14,17H,2-4,8-9,11-12H2,1H3. The molecule has 0 aromatic heterocycles. The van der Waals surface area contributed by atoms with Crippen LogP contribution in [-0.4, -0.2) is 42.4 Å². The number of hydrogen-bond acceptors (Lipinski definition) is 3. The number of hydrogen-bond donors (Lipinski definition) is 1. The fraction of sp³-hybridized carbons (Fsp3) is 0.600. The molecule has 1 aliphatic heterocycles. The number of nitrogens with zero attached hydrogens (tertiary/aromatic N) is 1. The van der Waals surface area contributed by atoms with Crippen LogP contribution >= 0.6 is 0 Å². The van der Waals surface area contributed by atoms with E-state index in [1.807, 2.05) is 31.2 Å². The van der Waals surface area contributed by atoms with Crippen LogP contribution in [0.2, 0.25) is 0 Å². The van der Waals surface area contributed by atoms with Crippen LogP contribution in [-0.2, 0) is 0 Å². The van der Waals surface area contributed by atoms with Crippen molar-refractivity contribution in [2.45, 2.75) is 32.3 Å². The maximum absolute atomic E-state index is 9.97. The van der Waals surface area contributed by atoms with Gasteiger partial charge in [-0.05, 0) is 50.6 Å². The average molecular weight is 249 g/mol. The normalized spacial score (nSPS) is 18.6. The van der Waals surface area contributed by atoms with Crippen molar-refractivity contribution in [2.75, 3.05) is 26.2 Å². The lowest BCUT2D eigenvalue weighted by atomic mass is 10.1. The molecule has 100 valence electrons. The lowest BCUT2D eigenvalue weighted by Crippen LogP contribution is -2.38. The SMILES string of the molecule is Cc1cccc(OCC(O)CN2CCCCC2)c1. The number of ether oxygens (including phenoxy) is 1. The Bertz CT molecular complexity index is 361. The minimum atomic E-state index is -0.399. The number of piperidine rings is 1. The number of aliphatic hydroxyl groups is 1. The Labute approximate surface area is 109 Å². The first kappa shape index (κ1) is 13.4. The summed E-state index contributed by atoms with van der Waals surface area (Å²) in [6, 6.07) is 7.94. The molecule has 0 aliphatic carbocycles. The highest BCUT2D eigenvalue weighted by molar-refractivity contribution is 5.27. The summed E-state index contributed by atoms with van der Waals surface area (Å²) in [5, 5.41) is 9.97. The third-order valence-electron chi connectivity index (χ3n) is 3.35. The summed E-state index contributed by atoms with van der Waals surface area (Å²) in [5.74, 6) is 0.840. The molecule has 0 spiro atoms. The molecule has 3 nitrogen and oxygen atoms in total. The van der Waals surface area contributed by atoms with Crippen LogP contribution in [0, 0.1) is 6.92 Å². The Morgan fingerprint density at radius 3 is 2.78 bits per heavy atom. The minimum absolute atomic E-state index is 0.375. The third-order valence-corrected chi connectivity index (χ3v) is 3.35. The maximum atomic E-state index is 9.97. The molecular formula is C15H23NO2. The summed E-state index contributed by atoms with van der Waals surface area (Å²) in [6.07, 6.45) is 3.44. The molecule has 3 heteroatoms. The fourth-order valence-corrected chi connectivity index (χ4v) is 2.39. The van der Waals surface area contributed by atoms with Crippen LogP contribution in [0.4, 0.5) is 0 Å². The van der Waals surface area contributed by atoms with E-state index in [4.69, 9.17) is 4.74 Å². The van der Waals surface area contributed by atoms with Gasteiger partial charge in [-0.15, -0.1) is 0 Å². The number of likely N-dealkylation sites (tertiary alicyclic amines) is 1. The van der Waals surface area contributed by atoms with Gasteiger partial charge in [-0.25, -0.2) is 0 Å². The van der Waals surface area contributed by atoms with Gasteiger partial charge in [0, 0.05) is 6.54 Å². The topological polar surface area (TPSA) is 32.7 Å². The van der Waals surface area contributed by atoms with Gasteiger partial charge in [0.1, 0.15) is 18.5 Å². The average Bonchev–Trinajstić information content (AvgIpc) is 2.38. The number of β-amino-alcohol motifs (C(OH)–C–C–N with tert-alkyl or cyclic N) is 1. The van der Waals surface area contributed by atoms with Crippen LogP contribution in [0.5, 0.6) is 5.75 Å². The van der Waals surface area contributed by atoms with E-state index in [9.17, 15) is 5.11 Å². The van der Waals surface area contributed by atoms with Crippen molar-refractivity contribution in [1.29, 1.82) is 0 Å². The van der Waals surface area contributed by atoms with Gasteiger partial charge in [0.15, 0.2) is 0 Å². The van der Waals surface area contributed by atoms with Crippen molar-refractivity contribution in [2.24, 2.45) is 0 Å². The van der Waals surface area contributed by atoms with Crippen molar-refractivity contribution in [1.82, 2.24) is 4.90 Å². The van der Waals surface area contributed by atoms with Crippen LogP contribution in [0.15, 0.2) is 24.3 Å². The lowest BCUT2D eigenvalue weighted by Gasteiger charge is -2.28. The van der Waals surface area contributed by atoms with Crippen LogP contribution in [0.1, 0.15) is 24.8 Å². The summed E-state index contributed by atoms with van der Waals surface area (Å²) < 4.78 is 5.61. The number of benzene rings is 1. The van der Waals surface area contributed by atoms with Crippen molar-refractivity contribution in [3.63, 3.8) is 0 Å². The molecule has 1 atom stereocenters. The first-order chi connectivity index (χ1) is 8.74. The number of rotatable bonds is 5. The Morgan fingerprint density at radius 2 is 2.06 bits per heavy atom. The van der Waals surface area contributed by atoms with E-state index < -0.39 is 6.10 Å². The molecule has 0 radical (unpaired) electrons. The molecule has 1 unspecified atom stereocenters. The monoisotopic (exact) mass is 249 g/mol. The summed E-state index contributed by atoms with van der Waals surface area (Å²) in [6.45, 7) is 5.37. The molecule has 1 heterocycles. The van der Waals surface area contributed by atoms with E-state index >= 15 is 0 Å². The molecule has 1 N–H and O–H groups in total. The van der Waals surface area contributed by atoms with Crippen molar-refractivity contribution < 1.29 is 9.84 Å². The Hall–Kier alpha value is -1.06. The van der Waals surface area contributed by atoms with Gasteiger partial charge in [-0.3, -0.25) is 0 Å². The first-order valence-electron chi connectivity index (χ1n) is 6.84. The smallest absolute Gasteiger partial charge is 0.119 e. The summed E-state index contributed by atoms with van der Waals surface area (Å²) >= 11 is 0. The maximum Gasteiger partial charge on any atom is 0.119 e. The molecule has 1 aromatic carbocycles. The Kier molecular flexibility index (Phi) is 5.02. The number of aryl methyl sites for hydroxylation is 1. The molecule has 1 fully saturated rings. The van der Waals surface area contributed by atoms with Crippen molar-refractivity contribution in [3.05, 3.63) is 29.8 Å². The first-order valence-corrected chi connectivity index (χ1v) is 6.84. The Morgan fingerprint density at radius 1 is 1.28 bits per heavy atom. The third kappa shape index (κ3) is 4.31. The quantitative estimate of drug-likeness (QED) is 0.868. The Balaban J connectivity index is 1.72. The predicted octanol–water partition coefficient (Wildman–Crippen LogP) is 2.22. The number of aliphatic hydroxyl groups excluding tert-OH is 1. The summed E-state index contributed by atoms with van der Waals surface area (Å²) in [7, 11) is 0. The van der Waals surface area contributed by atoms with Crippen LogP contribution in [0.3, 0.4) is 0 Å². The molecule has 0 saturated carbocycles. The summed E-state index contributed by atoms with van der Waals surface area (Å²) in [4.78, 5) is 2.33. The molecule has 0 amide bonds. The van der Waals surface area contributed by atoms with Crippen molar-refractivity contribution >= 4 is 0 Å². The van der Waals surface area contributed by atoms with E-state index in [-0.39, 0.29) is 0 Å². The summed E-state index contributed by atoms with van der Waals surface area (Å²) in [5.41, 5.74) is 1.18. The van der Waals surface area contributed by atoms with Crippen LogP contribution < -0.4 is 4.74 Å². The van der Waals surface area contributed by atoms with E-state index in [2.05, 4.69) is 4.90 Å². The predicted molar refractivity (Wildman–Crippen MR) is 73.0 cm³/mol. The second kappa shape index (κ2) is 6.76. The zero-order chi connectivity index (χ0) is 12.8. The highest BCUT2D eigenvalue weighted by atomic mass is 16.5. The molecule has 1 aromatic rings. The largest absolute Gasteiger partial charge is 0.491 e. The van der Waals surface area contributed by atoms with Crippen molar-refractivity contribution in [3.8, 4) is 5.75 Å². The van der Waals surface area contributed by atoms with Gasteiger partial charge in [-0.2, -0.15) is 0 Å². The fourth-order valence-electron chi connectivity index (χ4n) is 2.39. The van der Waals surface area contributed by atoms with Gasteiger partial charge in [0.2, 0.25) is 0 Å². The zero-order valence-corrected chi connectivity index (χ0v) is 11.1. The van der Waals surface area contributed by atoms with Crippen LogP contribution in [0.25, 0.3) is 0 Å². The molecular weight excluding hydrogens is 226 g/mol. The van der Waals surface area contributed by atoms with E-state index in [1.165, 1.54) is 24.8 Å². The van der Waals surface area contributed by atoms with Gasteiger partial charge in [0.05, 0.1) is 0 Å². The molecule has 1 aliphatic rings. The van der Waals surface area contributed by atoms with Gasteiger partial charge >= 0.3 is 0 Å². The second-order valence-corrected chi connectivity index (χ2v) is 5.14. The van der Waals surface area contributed by atoms with Gasteiger partial charge in [0.25, 0.3) is 0 Å². The van der Waals surface area contributed by atoms with Gasteiger partial charge < -0.3 is 14.7 Å².